The molecule has 0 saturated heterocycles. The lowest BCUT2D eigenvalue weighted by Gasteiger charge is -2.27. The van der Waals surface area contributed by atoms with Crippen molar-refractivity contribution in [3.63, 3.8) is 0 Å². The van der Waals surface area contributed by atoms with Gasteiger partial charge in [-0.15, -0.1) is 0 Å². The summed E-state index contributed by atoms with van der Waals surface area (Å²) in [5, 5.41) is 3.98. The van der Waals surface area contributed by atoms with E-state index in [9.17, 15) is 9.18 Å². The largest absolute Gasteiger partial charge is 0.495 e. The van der Waals surface area contributed by atoms with Crippen LogP contribution in [0.4, 0.5) is 10.1 Å². The van der Waals surface area contributed by atoms with E-state index in [1.54, 1.807) is 48.5 Å². The molecule has 0 spiro atoms. The van der Waals surface area contributed by atoms with E-state index in [0.29, 0.717) is 34.3 Å². The van der Waals surface area contributed by atoms with E-state index >= 15 is 0 Å². The number of methoxy groups -OCH3 is 1. The highest BCUT2D eigenvalue weighted by atomic mass is 35.5. The van der Waals surface area contributed by atoms with Gasteiger partial charge in [0.2, 0.25) is 0 Å². The van der Waals surface area contributed by atoms with Crippen molar-refractivity contribution in [2.75, 3.05) is 12.4 Å². The number of aryl methyl sites for hydroxylation is 1. The quantitative estimate of drug-likeness (QED) is 0.644. The Morgan fingerprint density at radius 1 is 1.24 bits per heavy atom. The SMILES string of the molecule is COc1cc(Cl)c(C)cc1N[C@@H]1c2ncccc2C(=O)N1Cc1ccc(F)cc1. The van der Waals surface area contributed by atoms with Gasteiger partial charge in [0.25, 0.3) is 5.91 Å². The molecule has 1 aliphatic heterocycles. The molecule has 148 valence electrons. The van der Waals surface area contributed by atoms with Gasteiger partial charge in [-0.2, -0.15) is 0 Å². The summed E-state index contributed by atoms with van der Waals surface area (Å²) in [6.45, 7) is 2.21. The molecule has 1 aliphatic rings. The van der Waals surface area contributed by atoms with Crippen LogP contribution in [0.3, 0.4) is 0 Å². The minimum atomic E-state index is -0.502. The fourth-order valence-corrected chi connectivity index (χ4v) is 3.58. The van der Waals surface area contributed by atoms with Gasteiger partial charge in [-0.1, -0.05) is 23.7 Å². The first kappa shape index (κ1) is 19.2. The topological polar surface area (TPSA) is 54.5 Å². The Balaban J connectivity index is 1.72. The molecule has 0 aliphatic carbocycles. The fraction of sp³-hybridized carbons (Fsp3) is 0.182. The van der Waals surface area contributed by atoms with Gasteiger partial charge in [0.15, 0.2) is 0 Å². The Kier molecular flexibility index (Phi) is 5.11. The van der Waals surface area contributed by atoms with Crippen LogP contribution >= 0.6 is 11.6 Å². The summed E-state index contributed by atoms with van der Waals surface area (Å²) < 4.78 is 18.7. The second kappa shape index (κ2) is 7.72. The summed E-state index contributed by atoms with van der Waals surface area (Å²) in [7, 11) is 1.56. The number of benzene rings is 2. The van der Waals surface area contributed by atoms with Gasteiger partial charge in [0.1, 0.15) is 17.7 Å². The molecule has 2 heterocycles. The number of rotatable bonds is 5. The molecule has 4 rings (SSSR count). The molecule has 0 bridgehead atoms. The summed E-state index contributed by atoms with van der Waals surface area (Å²) >= 11 is 6.22. The minimum absolute atomic E-state index is 0.139. The number of nitrogens with one attached hydrogen (secondary N) is 1. The van der Waals surface area contributed by atoms with Crippen LogP contribution in [0.2, 0.25) is 5.02 Å². The number of anilines is 1. The van der Waals surface area contributed by atoms with Crippen LogP contribution in [-0.4, -0.2) is 22.9 Å². The van der Waals surface area contributed by atoms with E-state index < -0.39 is 6.17 Å². The van der Waals surface area contributed by atoms with Gasteiger partial charge in [-0.05, 0) is 48.4 Å². The summed E-state index contributed by atoms with van der Waals surface area (Å²) in [6.07, 6.45) is 1.16. The Labute approximate surface area is 173 Å². The molecule has 0 radical (unpaired) electrons. The lowest BCUT2D eigenvalue weighted by atomic mass is 10.1. The number of amides is 1. The summed E-state index contributed by atoms with van der Waals surface area (Å²) in [5.74, 6) is 0.112. The van der Waals surface area contributed by atoms with Crippen molar-refractivity contribution < 1.29 is 13.9 Å². The van der Waals surface area contributed by atoms with Crippen molar-refractivity contribution >= 4 is 23.2 Å². The van der Waals surface area contributed by atoms with Crippen molar-refractivity contribution in [3.05, 3.63) is 88.0 Å². The van der Waals surface area contributed by atoms with Crippen LogP contribution in [0, 0.1) is 12.7 Å². The van der Waals surface area contributed by atoms with E-state index in [1.807, 2.05) is 13.0 Å². The number of fused-ring (bicyclic) bond motifs is 1. The lowest BCUT2D eigenvalue weighted by molar-refractivity contribution is 0.0727. The number of hydrogen-bond acceptors (Lipinski definition) is 4. The molecule has 1 aromatic heterocycles. The summed E-state index contributed by atoms with van der Waals surface area (Å²) in [5.41, 5.74) is 3.57. The molecule has 0 unspecified atom stereocenters. The van der Waals surface area contributed by atoms with Gasteiger partial charge < -0.3 is 15.0 Å². The summed E-state index contributed by atoms with van der Waals surface area (Å²) in [4.78, 5) is 19.2. The van der Waals surface area contributed by atoms with Gasteiger partial charge >= 0.3 is 0 Å². The van der Waals surface area contributed by atoms with Crippen LogP contribution in [-0.2, 0) is 6.54 Å². The predicted octanol–water partition coefficient (Wildman–Crippen LogP) is 4.96. The van der Waals surface area contributed by atoms with E-state index in [2.05, 4.69) is 10.3 Å². The Morgan fingerprint density at radius 3 is 2.72 bits per heavy atom. The standard InChI is InChI=1S/C22H19ClFN3O2/c1-13-10-18(19(29-2)11-17(13)23)26-21-20-16(4-3-9-25-20)22(28)27(21)12-14-5-7-15(24)8-6-14/h3-11,21,26H,12H2,1-2H3/t21-/m0/s1. The molecule has 2 aromatic carbocycles. The molecule has 3 aromatic rings. The van der Waals surface area contributed by atoms with Gasteiger partial charge in [0.05, 0.1) is 24.1 Å². The maximum atomic E-state index is 13.3. The molecular weight excluding hydrogens is 393 g/mol. The smallest absolute Gasteiger partial charge is 0.258 e. The maximum Gasteiger partial charge on any atom is 0.258 e. The van der Waals surface area contributed by atoms with Crippen LogP contribution in [0.1, 0.15) is 33.3 Å². The van der Waals surface area contributed by atoms with Crippen molar-refractivity contribution in [2.45, 2.75) is 19.6 Å². The second-order valence-corrected chi connectivity index (χ2v) is 7.25. The number of halogens is 2. The third-order valence-electron chi connectivity index (χ3n) is 4.94. The second-order valence-electron chi connectivity index (χ2n) is 6.84. The first-order valence-electron chi connectivity index (χ1n) is 9.09. The van der Waals surface area contributed by atoms with Crippen LogP contribution in [0.25, 0.3) is 0 Å². The van der Waals surface area contributed by atoms with E-state index in [4.69, 9.17) is 16.3 Å². The van der Waals surface area contributed by atoms with E-state index in [1.165, 1.54) is 12.1 Å². The van der Waals surface area contributed by atoms with E-state index in [0.717, 1.165) is 11.1 Å². The van der Waals surface area contributed by atoms with Crippen LogP contribution < -0.4 is 10.1 Å². The Hall–Kier alpha value is -3.12. The molecule has 5 nitrogen and oxygen atoms in total. The van der Waals surface area contributed by atoms with Crippen LogP contribution in [0.15, 0.2) is 54.7 Å². The monoisotopic (exact) mass is 411 g/mol. The molecular formula is C22H19ClFN3O2. The average molecular weight is 412 g/mol. The summed E-state index contributed by atoms with van der Waals surface area (Å²) in [6, 6.07) is 13.2. The van der Waals surface area contributed by atoms with Crippen molar-refractivity contribution in [1.29, 1.82) is 0 Å². The highest BCUT2D eigenvalue weighted by Crippen LogP contribution is 2.38. The van der Waals surface area contributed by atoms with Gasteiger partial charge in [0, 0.05) is 23.8 Å². The highest BCUT2D eigenvalue weighted by Gasteiger charge is 2.38. The predicted molar refractivity (Wildman–Crippen MR) is 110 cm³/mol. The zero-order chi connectivity index (χ0) is 20.5. The third kappa shape index (κ3) is 3.63. The van der Waals surface area contributed by atoms with Crippen molar-refractivity contribution in [3.8, 4) is 5.75 Å². The number of aromatic nitrogens is 1. The number of carbonyl (C=O) groups is 1. The third-order valence-corrected chi connectivity index (χ3v) is 5.35. The minimum Gasteiger partial charge on any atom is -0.495 e. The fourth-order valence-electron chi connectivity index (χ4n) is 3.42. The van der Waals surface area contributed by atoms with Crippen LogP contribution in [0.5, 0.6) is 5.75 Å². The normalized spacial score (nSPS) is 15.4. The van der Waals surface area contributed by atoms with Crippen molar-refractivity contribution in [2.24, 2.45) is 0 Å². The Bertz CT molecular complexity index is 1070. The number of pyridine rings is 1. The first-order chi connectivity index (χ1) is 14.0. The maximum absolute atomic E-state index is 13.3. The molecule has 1 atom stereocenters. The first-order valence-corrected chi connectivity index (χ1v) is 9.46. The molecule has 7 heteroatoms. The zero-order valence-electron chi connectivity index (χ0n) is 15.9. The highest BCUT2D eigenvalue weighted by molar-refractivity contribution is 6.31. The molecule has 1 N–H and O–H groups in total. The molecule has 0 fully saturated rings. The molecule has 0 saturated carbocycles. The number of nitrogens with zero attached hydrogens (tertiary/aromatic N) is 2. The number of carbonyl (C=O) groups excluding carboxylic acids is 1. The lowest BCUT2D eigenvalue weighted by Crippen LogP contribution is -2.32. The number of hydrogen-bond donors (Lipinski definition) is 1. The Morgan fingerprint density at radius 2 is 2.00 bits per heavy atom. The van der Waals surface area contributed by atoms with Gasteiger partial charge in [-0.3, -0.25) is 9.78 Å². The molecule has 1 amide bonds. The van der Waals surface area contributed by atoms with Crippen molar-refractivity contribution in [1.82, 2.24) is 9.88 Å². The van der Waals surface area contributed by atoms with E-state index in [-0.39, 0.29) is 11.7 Å². The van der Waals surface area contributed by atoms with Gasteiger partial charge in [-0.25, -0.2) is 4.39 Å². The average Bonchev–Trinajstić information content (AvgIpc) is 2.98. The molecule has 29 heavy (non-hydrogen) atoms. The number of ether oxygens (including phenoxy) is 1. The zero-order valence-corrected chi connectivity index (χ0v) is 16.7.